The van der Waals surface area contributed by atoms with E-state index in [4.69, 9.17) is 16.7 Å². The van der Waals surface area contributed by atoms with Crippen molar-refractivity contribution in [1.82, 2.24) is 14.7 Å². The number of nitrogens with one attached hydrogen (secondary N) is 1. The third-order valence-corrected chi connectivity index (χ3v) is 6.82. The van der Waals surface area contributed by atoms with E-state index < -0.39 is 0 Å². The minimum absolute atomic E-state index is 0.0548. The SMILES string of the molecule is CC(C)CN(CC(=O)Nc1cc(-c2ccccc2)nn1-c1ccccc1Cl)C(=O)CSc1ccccc1. The number of benzene rings is 3. The molecule has 2 amide bonds. The molecule has 0 spiro atoms. The van der Waals surface area contributed by atoms with Crippen LogP contribution in [-0.2, 0) is 9.59 Å². The first-order valence-corrected chi connectivity index (χ1v) is 13.4. The lowest BCUT2D eigenvalue weighted by atomic mass is 10.1. The van der Waals surface area contributed by atoms with Crippen molar-refractivity contribution in [3.8, 4) is 16.9 Å². The van der Waals surface area contributed by atoms with Gasteiger partial charge in [-0.25, -0.2) is 4.68 Å². The molecule has 0 atom stereocenters. The van der Waals surface area contributed by atoms with Crippen LogP contribution in [0.1, 0.15) is 13.8 Å². The van der Waals surface area contributed by atoms with Gasteiger partial charge < -0.3 is 10.2 Å². The third kappa shape index (κ3) is 7.24. The molecule has 0 radical (unpaired) electrons. The maximum atomic E-state index is 13.2. The second kappa shape index (κ2) is 12.6. The summed E-state index contributed by atoms with van der Waals surface area (Å²) in [4.78, 5) is 28.9. The number of nitrogens with zero attached hydrogens (tertiary/aromatic N) is 3. The van der Waals surface area contributed by atoms with E-state index in [1.165, 1.54) is 11.8 Å². The zero-order valence-electron chi connectivity index (χ0n) is 20.8. The number of amides is 2. The first kappa shape index (κ1) is 26.5. The summed E-state index contributed by atoms with van der Waals surface area (Å²) in [6.07, 6.45) is 0. The summed E-state index contributed by atoms with van der Waals surface area (Å²) in [7, 11) is 0. The van der Waals surface area contributed by atoms with Gasteiger partial charge in [0.2, 0.25) is 11.8 Å². The van der Waals surface area contributed by atoms with Crippen LogP contribution in [-0.4, -0.2) is 45.3 Å². The van der Waals surface area contributed by atoms with Crippen LogP contribution in [0, 0.1) is 5.92 Å². The normalized spacial score (nSPS) is 10.9. The van der Waals surface area contributed by atoms with Gasteiger partial charge in [0.25, 0.3) is 0 Å². The average molecular weight is 533 g/mol. The van der Waals surface area contributed by atoms with E-state index in [0.717, 1.165) is 10.5 Å². The highest BCUT2D eigenvalue weighted by Crippen LogP contribution is 2.28. The predicted octanol–water partition coefficient (Wildman–Crippen LogP) is 6.41. The van der Waals surface area contributed by atoms with Crippen LogP contribution in [0.2, 0.25) is 5.02 Å². The van der Waals surface area contributed by atoms with Crippen LogP contribution < -0.4 is 5.32 Å². The Bertz CT molecular complexity index is 1340. The lowest BCUT2D eigenvalue weighted by Gasteiger charge is -2.24. The second-order valence-electron chi connectivity index (χ2n) is 8.96. The molecule has 3 aromatic carbocycles. The molecule has 4 rings (SSSR count). The van der Waals surface area contributed by atoms with Crippen molar-refractivity contribution in [3.05, 3.63) is 96.0 Å². The van der Waals surface area contributed by atoms with Gasteiger partial charge in [-0.2, -0.15) is 5.10 Å². The molecule has 0 saturated heterocycles. The monoisotopic (exact) mass is 532 g/mol. The molecule has 37 heavy (non-hydrogen) atoms. The van der Waals surface area contributed by atoms with Crippen molar-refractivity contribution in [2.45, 2.75) is 18.7 Å². The molecule has 1 heterocycles. The van der Waals surface area contributed by atoms with Crippen molar-refractivity contribution in [2.75, 3.05) is 24.2 Å². The van der Waals surface area contributed by atoms with Crippen LogP contribution in [0.25, 0.3) is 16.9 Å². The first-order valence-electron chi connectivity index (χ1n) is 12.1. The standard InChI is InChI=1S/C29H29ClN4O2S/c1-21(2)18-33(29(36)20-37-23-13-7-4-8-14-23)19-28(35)31-27-17-25(22-11-5-3-6-12-22)32-34(27)26-16-10-9-15-24(26)30/h3-17,21H,18-20H2,1-2H3,(H,31,35). The fourth-order valence-electron chi connectivity index (χ4n) is 3.83. The minimum atomic E-state index is -0.300. The van der Waals surface area contributed by atoms with Crippen molar-refractivity contribution in [3.63, 3.8) is 0 Å². The Hall–Kier alpha value is -3.55. The second-order valence-corrected chi connectivity index (χ2v) is 10.4. The van der Waals surface area contributed by atoms with E-state index >= 15 is 0 Å². The Morgan fingerprint density at radius 3 is 2.30 bits per heavy atom. The molecular weight excluding hydrogens is 504 g/mol. The van der Waals surface area contributed by atoms with Gasteiger partial charge in [0.15, 0.2) is 0 Å². The number of anilines is 1. The predicted molar refractivity (Wildman–Crippen MR) is 151 cm³/mol. The number of para-hydroxylation sites is 1. The molecule has 190 valence electrons. The van der Waals surface area contributed by atoms with E-state index in [-0.39, 0.29) is 30.0 Å². The lowest BCUT2D eigenvalue weighted by Crippen LogP contribution is -2.41. The maximum absolute atomic E-state index is 13.2. The molecule has 8 heteroatoms. The summed E-state index contributed by atoms with van der Waals surface area (Å²) < 4.78 is 1.63. The molecule has 0 aliphatic rings. The number of thioether (sulfide) groups is 1. The zero-order chi connectivity index (χ0) is 26.2. The summed E-state index contributed by atoms with van der Waals surface area (Å²) in [5.41, 5.74) is 2.26. The van der Waals surface area contributed by atoms with Crippen molar-refractivity contribution >= 4 is 41.0 Å². The number of hydrogen-bond acceptors (Lipinski definition) is 4. The van der Waals surface area contributed by atoms with Crippen molar-refractivity contribution < 1.29 is 9.59 Å². The van der Waals surface area contributed by atoms with Crippen molar-refractivity contribution in [1.29, 1.82) is 0 Å². The van der Waals surface area contributed by atoms with Gasteiger partial charge in [-0.05, 0) is 30.2 Å². The summed E-state index contributed by atoms with van der Waals surface area (Å²) >= 11 is 7.93. The number of halogens is 1. The summed E-state index contributed by atoms with van der Waals surface area (Å²) in [5, 5.41) is 8.19. The van der Waals surface area contributed by atoms with Gasteiger partial charge in [0, 0.05) is 23.1 Å². The minimum Gasteiger partial charge on any atom is -0.332 e. The summed E-state index contributed by atoms with van der Waals surface area (Å²) in [6, 6.07) is 28.6. The van der Waals surface area contributed by atoms with E-state index in [2.05, 4.69) is 5.32 Å². The number of carbonyl (C=O) groups is 2. The van der Waals surface area contributed by atoms with Crippen LogP contribution in [0.15, 0.2) is 95.9 Å². The Morgan fingerprint density at radius 1 is 0.973 bits per heavy atom. The topological polar surface area (TPSA) is 67.2 Å². The van der Waals surface area contributed by atoms with Crippen molar-refractivity contribution in [2.24, 2.45) is 5.92 Å². The Labute approximate surface area is 226 Å². The molecule has 1 N–H and O–H groups in total. The molecule has 6 nitrogen and oxygen atoms in total. The van der Waals surface area contributed by atoms with Gasteiger partial charge in [-0.15, -0.1) is 11.8 Å². The third-order valence-electron chi connectivity index (χ3n) is 5.51. The van der Waals surface area contributed by atoms with Gasteiger partial charge >= 0.3 is 0 Å². The van der Waals surface area contributed by atoms with Crippen LogP contribution in [0.3, 0.4) is 0 Å². The van der Waals surface area contributed by atoms with Gasteiger partial charge in [0.1, 0.15) is 5.82 Å². The number of hydrogen-bond donors (Lipinski definition) is 1. The molecular formula is C29H29ClN4O2S. The molecule has 4 aromatic rings. The summed E-state index contributed by atoms with van der Waals surface area (Å²) in [5.74, 6) is 0.581. The van der Waals surface area contributed by atoms with Crippen LogP contribution >= 0.6 is 23.4 Å². The van der Waals surface area contributed by atoms with E-state index in [0.29, 0.717) is 28.8 Å². The lowest BCUT2D eigenvalue weighted by molar-refractivity contribution is -0.132. The highest BCUT2D eigenvalue weighted by Gasteiger charge is 2.21. The van der Waals surface area contributed by atoms with E-state index in [1.807, 2.05) is 98.8 Å². The fraction of sp³-hybridized carbons (Fsp3) is 0.207. The molecule has 0 aliphatic heterocycles. The molecule has 0 fully saturated rings. The summed E-state index contributed by atoms with van der Waals surface area (Å²) in [6.45, 7) is 4.49. The Kier molecular flexibility index (Phi) is 9.04. The molecule has 0 bridgehead atoms. The first-order chi connectivity index (χ1) is 17.9. The highest BCUT2D eigenvalue weighted by molar-refractivity contribution is 8.00. The molecule has 1 aromatic heterocycles. The van der Waals surface area contributed by atoms with Gasteiger partial charge in [-0.3, -0.25) is 9.59 Å². The van der Waals surface area contributed by atoms with Crippen LogP contribution in [0.5, 0.6) is 0 Å². The zero-order valence-corrected chi connectivity index (χ0v) is 22.4. The van der Waals surface area contributed by atoms with Crippen LogP contribution in [0.4, 0.5) is 5.82 Å². The quantitative estimate of drug-likeness (QED) is 0.240. The average Bonchev–Trinajstić information content (AvgIpc) is 3.31. The van der Waals surface area contributed by atoms with Gasteiger partial charge in [-0.1, -0.05) is 86.1 Å². The molecule has 0 saturated carbocycles. The van der Waals surface area contributed by atoms with E-state index in [1.54, 1.807) is 15.6 Å². The van der Waals surface area contributed by atoms with Gasteiger partial charge in [0.05, 0.1) is 28.7 Å². The highest BCUT2D eigenvalue weighted by atomic mass is 35.5. The maximum Gasteiger partial charge on any atom is 0.245 e. The number of aromatic nitrogens is 2. The Morgan fingerprint density at radius 2 is 1.62 bits per heavy atom. The Balaban J connectivity index is 1.54. The number of carbonyl (C=O) groups excluding carboxylic acids is 2. The largest absolute Gasteiger partial charge is 0.332 e. The van der Waals surface area contributed by atoms with E-state index in [9.17, 15) is 9.59 Å². The number of rotatable bonds is 10. The fourth-order valence-corrected chi connectivity index (χ4v) is 4.87. The smallest absolute Gasteiger partial charge is 0.245 e. The molecule has 0 unspecified atom stereocenters. The molecule has 0 aliphatic carbocycles.